The molecule has 0 aromatic rings. The van der Waals surface area contributed by atoms with Gasteiger partial charge in [-0.25, -0.2) is 0 Å². The Morgan fingerprint density at radius 2 is 2.25 bits per heavy atom. The van der Waals surface area contributed by atoms with Gasteiger partial charge in [0.05, 0.1) is 6.61 Å². The van der Waals surface area contributed by atoms with E-state index in [-0.39, 0.29) is 12.5 Å². The Bertz CT molecular complexity index is 180. The van der Waals surface area contributed by atoms with Gasteiger partial charge in [-0.2, -0.15) is 0 Å². The molecule has 1 aliphatic rings. The predicted molar refractivity (Wildman–Crippen MR) is 45.3 cm³/mol. The standard InChI is InChI=1S/C8H16N2O2/c1-2-12-5-8(10,7(9)11)6-3-4-6/h6H,2-5,10H2,1H3,(H2,9,11). The van der Waals surface area contributed by atoms with Crippen LogP contribution in [0.1, 0.15) is 19.8 Å². The van der Waals surface area contributed by atoms with Crippen LogP contribution in [-0.4, -0.2) is 24.7 Å². The summed E-state index contributed by atoms with van der Waals surface area (Å²) in [6.45, 7) is 2.69. The Labute approximate surface area is 72.2 Å². The van der Waals surface area contributed by atoms with Crippen LogP contribution >= 0.6 is 0 Å². The molecular formula is C8H16N2O2. The van der Waals surface area contributed by atoms with Crippen LogP contribution in [0.2, 0.25) is 0 Å². The summed E-state index contributed by atoms with van der Waals surface area (Å²) < 4.78 is 5.14. The van der Waals surface area contributed by atoms with E-state index < -0.39 is 11.4 Å². The van der Waals surface area contributed by atoms with E-state index in [1.807, 2.05) is 6.92 Å². The van der Waals surface area contributed by atoms with E-state index in [1.165, 1.54) is 0 Å². The summed E-state index contributed by atoms with van der Waals surface area (Å²) in [5.41, 5.74) is 10.1. The fourth-order valence-electron chi connectivity index (χ4n) is 1.26. The normalized spacial score (nSPS) is 21.8. The largest absolute Gasteiger partial charge is 0.379 e. The number of carbonyl (C=O) groups is 1. The maximum absolute atomic E-state index is 11.0. The highest BCUT2D eigenvalue weighted by atomic mass is 16.5. The van der Waals surface area contributed by atoms with Crippen LogP contribution in [0.3, 0.4) is 0 Å². The molecule has 0 bridgehead atoms. The Balaban J connectivity index is 2.52. The van der Waals surface area contributed by atoms with Crippen LogP contribution < -0.4 is 11.5 Å². The molecule has 1 amide bonds. The Hall–Kier alpha value is -0.610. The number of hydrogen-bond acceptors (Lipinski definition) is 3. The van der Waals surface area contributed by atoms with Gasteiger partial charge in [0, 0.05) is 6.61 Å². The molecule has 1 atom stereocenters. The molecule has 0 spiro atoms. The van der Waals surface area contributed by atoms with Gasteiger partial charge in [-0.15, -0.1) is 0 Å². The van der Waals surface area contributed by atoms with Crippen molar-refractivity contribution in [2.75, 3.05) is 13.2 Å². The number of primary amides is 1. The first-order valence-electron chi connectivity index (χ1n) is 4.27. The molecule has 0 aromatic heterocycles. The van der Waals surface area contributed by atoms with Crippen LogP contribution in [0.25, 0.3) is 0 Å². The molecule has 1 fully saturated rings. The molecule has 1 rings (SSSR count). The van der Waals surface area contributed by atoms with Crippen molar-refractivity contribution in [1.82, 2.24) is 0 Å². The molecule has 70 valence electrons. The summed E-state index contributed by atoms with van der Waals surface area (Å²) in [6.07, 6.45) is 1.99. The summed E-state index contributed by atoms with van der Waals surface area (Å²) >= 11 is 0. The predicted octanol–water partition coefficient (Wildman–Crippen LogP) is -0.384. The highest BCUT2D eigenvalue weighted by Gasteiger charge is 2.46. The molecule has 12 heavy (non-hydrogen) atoms. The van der Waals surface area contributed by atoms with Gasteiger partial charge in [-0.1, -0.05) is 0 Å². The van der Waals surface area contributed by atoms with Gasteiger partial charge < -0.3 is 16.2 Å². The lowest BCUT2D eigenvalue weighted by Crippen LogP contribution is -2.57. The van der Waals surface area contributed by atoms with E-state index in [1.54, 1.807) is 0 Å². The van der Waals surface area contributed by atoms with Crippen LogP contribution in [-0.2, 0) is 9.53 Å². The van der Waals surface area contributed by atoms with Crippen molar-refractivity contribution in [2.24, 2.45) is 17.4 Å². The molecular weight excluding hydrogens is 156 g/mol. The second kappa shape index (κ2) is 3.41. The van der Waals surface area contributed by atoms with Crippen LogP contribution in [0, 0.1) is 5.92 Å². The Morgan fingerprint density at radius 3 is 2.58 bits per heavy atom. The number of hydrogen-bond donors (Lipinski definition) is 2. The summed E-state index contributed by atoms with van der Waals surface area (Å²) in [4.78, 5) is 11.0. The van der Waals surface area contributed by atoms with Gasteiger partial charge >= 0.3 is 0 Å². The molecule has 0 radical (unpaired) electrons. The van der Waals surface area contributed by atoms with Gasteiger partial charge in [0.15, 0.2) is 0 Å². The van der Waals surface area contributed by atoms with Crippen LogP contribution in [0.15, 0.2) is 0 Å². The Kier molecular flexibility index (Phi) is 2.69. The number of ether oxygens (including phenoxy) is 1. The number of amides is 1. The number of carbonyl (C=O) groups excluding carboxylic acids is 1. The van der Waals surface area contributed by atoms with E-state index in [0.717, 1.165) is 12.8 Å². The van der Waals surface area contributed by atoms with Crippen molar-refractivity contribution in [3.8, 4) is 0 Å². The maximum Gasteiger partial charge on any atom is 0.240 e. The quantitative estimate of drug-likeness (QED) is 0.593. The van der Waals surface area contributed by atoms with E-state index in [4.69, 9.17) is 16.2 Å². The van der Waals surface area contributed by atoms with Crippen molar-refractivity contribution in [3.05, 3.63) is 0 Å². The highest BCUT2D eigenvalue weighted by Crippen LogP contribution is 2.38. The highest BCUT2D eigenvalue weighted by molar-refractivity contribution is 5.85. The summed E-state index contributed by atoms with van der Waals surface area (Å²) in [6, 6.07) is 0. The lowest BCUT2D eigenvalue weighted by atomic mass is 9.95. The number of nitrogens with two attached hydrogens (primary N) is 2. The van der Waals surface area contributed by atoms with Gasteiger partial charge in [-0.3, -0.25) is 4.79 Å². The molecule has 0 heterocycles. The lowest BCUT2D eigenvalue weighted by Gasteiger charge is -2.24. The van der Waals surface area contributed by atoms with Gasteiger partial charge in [0.2, 0.25) is 5.91 Å². The molecule has 0 aliphatic heterocycles. The molecule has 0 saturated heterocycles. The molecule has 0 aromatic carbocycles. The van der Waals surface area contributed by atoms with E-state index >= 15 is 0 Å². The zero-order valence-electron chi connectivity index (χ0n) is 7.38. The lowest BCUT2D eigenvalue weighted by molar-refractivity contribution is -0.126. The molecule has 1 aliphatic carbocycles. The average Bonchev–Trinajstić information content (AvgIpc) is 2.82. The molecule has 4 nitrogen and oxygen atoms in total. The Morgan fingerprint density at radius 1 is 1.67 bits per heavy atom. The maximum atomic E-state index is 11.0. The fraction of sp³-hybridized carbons (Fsp3) is 0.875. The summed E-state index contributed by atoms with van der Waals surface area (Å²) in [7, 11) is 0. The molecule has 4 N–H and O–H groups in total. The fourth-order valence-corrected chi connectivity index (χ4v) is 1.26. The molecule has 1 saturated carbocycles. The number of rotatable bonds is 5. The minimum absolute atomic E-state index is 0.238. The van der Waals surface area contributed by atoms with Gasteiger partial charge in [-0.05, 0) is 25.7 Å². The first kappa shape index (κ1) is 9.48. The summed E-state index contributed by atoms with van der Waals surface area (Å²) in [5, 5.41) is 0. The van der Waals surface area contributed by atoms with Crippen molar-refractivity contribution in [2.45, 2.75) is 25.3 Å². The van der Waals surface area contributed by atoms with Crippen LogP contribution in [0.5, 0.6) is 0 Å². The van der Waals surface area contributed by atoms with Gasteiger partial charge in [0.25, 0.3) is 0 Å². The second-order valence-electron chi connectivity index (χ2n) is 3.32. The summed E-state index contributed by atoms with van der Waals surface area (Å²) in [5.74, 6) is -0.208. The van der Waals surface area contributed by atoms with Crippen LogP contribution in [0.4, 0.5) is 0 Å². The smallest absolute Gasteiger partial charge is 0.240 e. The average molecular weight is 172 g/mol. The van der Waals surface area contributed by atoms with Gasteiger partial charge in [0.1, 0.15) is 5.54 Å². The third-order valence-electron chi connectivity index (χ3n) is 2.31. The minimum Gasteiger partial charge on any atom is -0.379 e. The van der Waals surface area contributed by atoms with Crippen molar-refractivity contribution in [1.29, 1.82) is 0 Å². The third kappa shape index (κ3) is 1.76. The first-order chi connectivity index (χ1) is 5.61. The second-order valence-corrected chi connectivity index (χ2v) is 3.32. The van der Waals surface area contributed by atoms with E-state index in [2.05, 4.69) is 0 Å². The van der Waals surface area contributed by atoms with Crippen molar-refractivity contribution >= 4 is 5.91 Å². The monoisotopic (exact) mass is 172 g/mol. The third-order valence-corrected chi connectivity index (χ3v) is 2.31. The molecule has 1 unspecified atom stereocenters. The SMILES string of the molecule is CCOCC(N)(C(N)=O)C1CC1. The van der Waals surface area contributed by atoms with E-state index in [0.29, 0.717) is 6.61 Å². The first-order valence-corrected chi connectivity index (χ1v) is 4.27. The molecule has 4 heteroatoms. The topological polar surface area (TPSA) is 78.3 Å². The zero-order valence-corrected chi connectivity index (χ0v) is 7.38. The minimum atomic E-state index is -0.921. The van der Waals surface area contributed by atoms with Crippen molar-refractivity contribution < 1.29 is 9.53 Å². The van der Waals surface area contributed by atoms with E-state index in [9.17, 15) is 4.79 Å². The van der Waals surface area contributed by atoms with Crippen molar-refractivity contribution in [3.63, 3.8) is 0 Å². The zero-order chi connectivity index (χ0) is 9.19.